The lowest BCUT2D eigenvalue weighted by Crippen LogP contribution is -2.09. The number of para-hydroxylation sites is 1. The van der Waals surface area contributed by atoms with Gasteiger partial charge in [0.05, 0.1) is 23.4 Å². The van der Waals surface area contributed by atoms with Gasteiger partial charge in [-0.1, -0.05) is 46.3 Å². The minimum Gasteiger partial charge on any atom is -0.461 e. The highest BCUT2D eigenvalue weighted by atomic mass is 79.9. The maximum atomic E-state index is 12.5. The van der Waals surface area contributed by atoms with Crippen molar-refractivity contribution in [2.24, 2.45) is 0 Å². The molecule has 2 aromatic carbocycles. The normalized spacial score (nSPS) is 11.0. The third-order valence-electron chi connectivity index (χ3n) is 4.45. The first-order valence-electron chi connectivity index (χ1n) is 8.97. The summed E-state index contributed by atoms with van der Waals surface area (Å²) >= 11 is 3.47. The topological polar surface area (TPSA) is 57.0 Å². The molecule has 4 rings (SSSR count). The van der Waals surface area contributed by atoms with E-state index in [9.17, 15) is 4.79 Å². The van der Waals surface area contributed by atoms with Crippen LogP contribution in [0, 0.1) is 6.92 Å². The van der Waals surface area contributed by atoms with Gasteiger partial charge in [-0.15, -0.1) is 0 Å². The Morgan fingerprint density at radius 2 is 1.82 bits per heavy atom. The number of halogens is 1. The van der Waals surface area contributed by atoms with Gasteiger partial charge < -0.3 is 4.74 Å². The number of nitrogens with zero attached hydrogens (tertiary/aromatic N) is 3. The SMILES string of the molecule is CCOC(=O)c1cc(-c2ccc(Br)cc2)c2c(C)nn(-c3ccccc3)c2n1. The summed E-state index contributed by atoms with van der Waals surface area (Å²) in [5, 5.41) is 5.62. The molecule has 0 N–H and O–H groups in total. The van der Waals surface area contributed by atoms with Gasteiger partial charge in [0.25, 0.3) is 0 Å². The standard InChI is InChI=1S/C22H18BrN3O2/c1-3-28-22(27)19-13-18(15-9-11-16(23)12-10-15)20-14(2)25-26(21(20)24-19)17-7-5-4-6-8-17/h4-13H,3H2,1-2H3. The monoisotopic (exact) mass is 435 g/mol. The molecule has 0 atom stereocenters. The van der Waals surface area contributed by atoms with Crippen LogP contribution in [0.4, 0.5) is 0 Å². The molecule has 140 valence electrons. The maximum absolute atomic E-state index is 12.5. The van der Waals surface area contributed by atoms with Crippen LogP contribution in [0.1, 0.15) is 23.1 Å². The number of rotatable bonds is 4. The number of hydrogen-bond acceptors (Lipinski definition) is 4. The zero-order valence-electron chi connectivity index (χ0n) is 15.5. The number of aryl methyl sites for hydroxylation is 1. The quantitative estimate of drug-likeness (QED) is 0.406. The highest BCUT2D eigenvalue weighted by molar-refractivity contribution is 9.10. The van der Waals surface area contributed by atoms with Crippen molar-refractivity contribution in [1.82, 2.24) is 14.8 Å². The van der Waals surface area contributed by atoms with Gasteiger partial charge >= 0.3 is 5.97 Å². The van der Waals surface area contributed by atoms with Crippen molar-refractivity contribution in [2.75, 3.05) is 6.61 Å². The van der Waals surface area contributed by atoms with Gasteiger partial charge in [-0.2, -0.15) is 5.10 Å². The van der Waals surface area contributed by atoms with Crippen LogP contribution in [0.2, 0.25) is 0 Å². The average Bonchev–Trinajstić information content (AvgIpc) is 3.05. The second kappa shape index (κ2) is 7.56. The van der Waals surface area contributed by atoms with Crippen LogP contribution in [0.25, 0.3) is 27.8 Å². The largest absolute Gasteiger partial charge is 0.461 e. The molecule has 2 heterocycles. The summed E-state index contributed by atoms with van der Waals surface area (Å²) in [4.78, 5) is 17.1. The molecule has 0 aliphatic heterocycles. The Hall–Kier alpha value is -2.99. The Labute approximate surface area is 171 Å². The molecule has 2 aromatic heterocycles. The third-order valence-corrected chi connectivity index (χ3v) is 4.98. The molecule has 0 radical (unpaired) electrons. The summed E-state index contributed by atoms with van der Waals surface area (Å²) in [6, 6.07) is 19.5. The third kappa shape index (κ3) is 3.31. The minimum absolute atomic E-state index is 0.268. The number of benzene rings is 2. The second-order valence-corrected chi connectivity index (χ2v) is 7.23. The lowest BCUT2D eigenvalue weighted by molar-refractivity contribution is 0.0520. The number of carbonyl (C=O) groups is 1. The first kappa shape index (κ1) is 18.4. The van der Waals surface area contributed by atoms with E-state index in [4.69, 9.17) is 9.84 Å². The first-order chi connectivity index (χ1) is 13.6. The van der Waals surface area contributed by atoms with Gasteiger partial charge in [-0.25, -0.2) is 14.5 Å². The number of pyridine rings is 1. The number of carbonyl (C=O) groups excluding carboxylic acids is 1. The van der Waals surface area contributed by atoms with Crippen molar-refractivity contribution in [2.45, 2.75) is 13.8 Å². The fourth-order valence-electron chi connectivity index (χ4n) is 3.20. The summed E-state index contributed by atoms with van der Waals surface area (Å²) in [5.74, 6) is -0.443. The van der Waals surface area contributed by atoms with E-state index < -0.39 is 5.97 Å². The van der Waals surface area contributed by atoms with Crippen LogP contribution < -0.4 is 0 Å². The molecule has 0 bridgehead atoms. The lowest BCUT2D eigenvalue weighted by atomic mass is 10.0. The van der Waals surface area contributed by atoms with Crippen LogP contribution >= 0.6 is 15.9 Å². The van der Waals surface area contributed by atoms with Crippen molar-refractivity contribution < 1.29 is 9.53 Å². The number of esters is 1. The van der Waals surface area contributed by atoms with Crippen LogP contribution in [0.5, 0.6) is 0 Å². The summed E-state index contributed by atoms with van der Waals surface area (Å²) in [5.41, 5.74) is 4.52. The molecule has 0 amide bonds. The molecule has 0 aliphatic rings. The molecule has 0 saturated carbocycles. The van der Waals surface area contributed by atoms with E-state index in [2.05, 4.69) is 20.9 Å². The molecule has 0 aliphatic carbocycles. The zero-order valence-corrected chi connectivity index (χ0v) is 17.1. The van der Waals surface area contributed by atoms with E-state index in [0.29, 0.717) is 12.3 Å². The van der Waals surface area contributed by atoms with E-state index in [1.807, 2.05) is 61.5 Å². The zero-order chi connectivity index (χ0) is 19.7. The smallest absolute Gasteiger partial charge is 0.357 e. The number of aromatic nitrogens is 3. The van der Waals surface area contributed by atoms with E-state index in [1.165, 1.54) is 0 Å². The van der Waals surface area contributed by atoms with Gasteiger partial charge in [-0.3, -0.25) is 0 Å². The summed E-state index contributed by atoms with van der Waals surface area (Å²) in [7, 11) is 0. The summed E-state index contributed by atoms with van der Waals surface area (Å²) in [6.07, 6.45) is 0. The van der Waals surface area contributed by atoms with E-state index in [0.717, 1.165) is 32.4 Å². The maximum Gasteiger partial charge on any atom is 0.357 e. The van der Waals surface area contributed by atoms with E-state index >= 15 is 0 Å². The molecule has 5 nitrogen and oxygen atoms in total. The predicted octanol–water partition coefficient (Wildman–Crippen LogP) is 5.34. The van der Waals surface area contributed by atoms with E-state index in [1.54, 1.807) is 17.7 Å². The van der Waals surface area contributed by atoms with Gasteiger partial charge in [0.2, 0.25) is 0 Å². The second-order valence-electron chi connectivity index (χ2n) is 6.31. The van der Waals surface area contributed by atoms with Crippen LogP contribution in [-0.2, 0) is 4.74 Å². The molecular weight excluding hydrogens is 418 g/mol. The van der Waals surface area contributed by atoms with Crippen LogP contribution in [0.3, 0.4) is 0 Å². The van der Waals surface area contributed by atoms with Crippen molar-refractivity contribution in [1.29, 1.82) is 0 Å². The van der Waals surface area contributed by atoms with Gasteiger partial charge in [0.15, 0.2) is 11.3 Å². The number of hydrogen-bond donors (Lipinski definition) is 0. The van der Waals surface area contributed by atoms with Crippen molar-refractivity contribution >= 4 is 32.9 Å². The highest BCUT2D eigenvalue weighted by Gasteiger charge is 2.20. The van der Waals surface area contributed by atoms with Gasteiger partial charge in [0.1, 0.15) is 0 Å². The Morgan fingerprint density at radius 1 is 1.11 bits per heavy atom. The minimum atomic E-state index is -0.443. The Bertz CT molecular complexity index is 1150. The van der Waals surface area contributed by atoms with Gasteiger partial charge in [-0.05, 0) is 55.3 Å². The number of ether oxygens (including phenoxy) is 1. The Morgan fingerprint density at radius 3 is 2.50 bits per heavy atom. The Kier molecular flexibility index (Phi) is 4.96. The van der Waals surface area contributed by atoms with Crippen LogP contribution in [0.15, 0.2) is 65.1 Å². The molecular formula is C22H18BrN3O2. The molecule has 0 spiro atoms. The Balaban J connectivity index is 2.03. The van der Waals surface area contributed by atoms with Crippen molar-refractivity contribution in [3.05, 3.63) is 76.5 Å². The number of fused-ring (bicyclic) bond motifs is 1. The summed E-state index contributed by atoms with van der Waals surface area (Å²) in [6.45, 7) is 4.03. The average molecular weight is 436 g/mol. The van der Waals surface area contributed by atoms with E-state index in [-0.39, 0.29) is 5.69 Å². The molecule has 4 aromatic rings. The fraction of sp³-hybridized carbons (Fsp3) is 0.136. The first-order valence-corrected chi connectivity index (χ1v) is 9.76. The molecule has 0 saturated heterocycles. The molecule has 0 unspecified atom stereocenters. The lowest BCUT2D eigenvalue weighted by Gasteiger charge is -2.09. The van der Waals surface area contributed by atoms with Gasteiger partial charge in [0, 0.05) is 4.47 Å². The molecule has 0 fully saturated rings. The molecule has 6 heteroatoms. The summed E-state index contributed by atoms with van der Waals surface area (Å²) < 4.78 is 7.96. The predicted molar refractivity (Wildman–Crippen MR) is 113 cm³/mol. The van der Waals surface area contributed by atoms with Crippen LogP contribution in [-0.4, -0.2) is 27.3 Å². The highest BCUT2D eigenvalue weighted by Crippen LogP contribution is 2.33. The molecule has 28 heavy (non-hydrogen) atoms. The van der Waals surface area contributed by atoms with Crippen molar-refractivity contribution in [3.63, 3.8) is 0 Å². The van der Waals surface area contributed by atoms with Crippen molar-refractivity contribution in [3.8, 4) is 16.8 Å². The fourth-order valence-corrected chi connectivity index (χ4v) is 3.47.